The second-order valence-corrected chi connectivity index (χ2v) is 36.3. The highest BCUT2D eigenvalue weighted by Gasteiger charge is 2.29. The second kappa shape index (κ2) is 36.4. The minimum atomic E-state index is -4.82. The van der Waals surface area contributed by atoms with Gasteiger partial charge in [-0.15, -0.1) is 35.3 Å². The average molecular weight is 1670 g/mol. The van der Waals surface area contributed by atoms with Gasteiger partial charge in [-0.1, -0.05) is 194 Å². The molecule has 2 aliphatic heterocycles. The van der Waals surface area contributed by atoms with Crippen LogP contribution in [0.15, 0.2) is 354 Å². The van der Waals surface area contributed by atoms with Crippen LogP contribution in [-0.4, -0.2) is 62.3 Å². The van der Waals surface area contributed by atoms with Crippen LogP contribution in [0.4, 0.5) is 34.1 Å². The topological polar surface area (TPSA) is 153 Å². The van der Waals surface area contributed by atoms with Crippen molar-refractivity contribution in [3.8, 4) is 44.9 Å². The lowest BCUT2D eigenvalue weighted by atomic mass is 9.93. The number of fused-ring (bicyclic) bond motifs is 4. The minimum absolute atomic E-state index is 0.267. The van der Waals surface area contributed by atoms with Crippen molar-refractivity contribution in [1.29, 1.82) is 0 Å². The van der Waals surface area contributed by atoms with Crippen LogP contribution in [0.5, 0.6) is 0 Å². The first-order chi connectivity index (χ1) is 57.1. The predicted molar refractivity (Wildman–Crippen MR) is 489 cm³/mol. The van der Waals surface area contributed by atoms with Gasteiger partial charge in [0.15, 0.2) is 12.4 Å². The van der Waals surface area contributed by atoms with E-state index in [9.17, 15) is 25.9 Å². The third-order valence-corrected chi connectivity index (χ3v) is 26.9. The molecule has 12 nitrogen and oxygen atoms in total. The van der Waals surface area contributed by atoms with Crippen molar-refractivity contribution >= 4 is 123 Å². The highest BCUT2D eigenvalue weighted by Crippen LogP contribution is 2.47. The fourth-order valence-electron chi connectivity index (χ4n) is 15.8. The van der Waals surface area contributed by atoms with Gasteiger partial charge in [-0.3, -0.25) is 0 Å². The smallest absolute Gasteiger partial charge is 0.212 e. The average Bonchev–Trinajstić information content (AvgIpc) is 0.741. The predicted octanol–water partition coefficient (Wildman–Crippen LogP) is 24.3. The lowest BCUT2D eigenvalue weighted by Gasteiger charge is -2.29. The van der Waals surface area contributed by atoms with Crippen molar-refractivity contribution in [2.45, 2.75) is 84.8 Å². The number of nitrogens with zero attached hydrogens (tertiary/aromatic N) is 4. The third kappa shape index (κ3) is 18.3. The maximum absolute atomic E-state index is 12.8. The Morgan fingerprint density at radius 3 is 1.12 bits per heavy atom. The summed E-state index contributed by atoms with van der Waals surface area (Å²) in [6.45, 7) is 18.5. The monoisotopic (exact) mass is 1660 g/mol. The van der Waals surface area contributed by atoms with E-state index in [0.717, 1.165) is 124 Å². The summed E-state index contributed by atoms with van der Waals surface area (Å²) in [5.41, 5.74) is 20.0. The molecule has 18 heteroatoms. The Hall–Kier alpha value is -11.2. The summed E-state index contributed by atoms with van der Waals surface area (Å²) in [6, 6.07) is 104. The summed E-state index contributed by atoms with van der Waals surface area (Å²) < 4.78 is 95.5. The lowest BCUT2D eigenvalue weighted by molar-refractivity contribution is 0.461. The Morgan fingerprint density at radius 1 is 0.331 bits per heavy atom. The number of anilines is 4. The van der Waals surface area contributed by atoms with Crippen LogP contribution in [-0.2, 0) is 20.2 Å². The molecule has 0 fully saturated rings. The molecule has 0 unspecified atom stereocenters. The second-order valence-electron chi connectivity index (χ2n) is 29.2. The first kappa shape index (κ1) is 82.0. The molecule has 0 atom stereocenters. The van der Waals surface area contributed by atoms with Crippen molar-refractivity contribution in [2.24, 2.45) is 0 Å². The zero-order valence-corrected chi connectivity index (χ0v) is 71.7. The fourth-order valence-corrected chi connectivity index (χ4v) is 20.7. The molecule has 0 amide bonds. The Kier molecular flexibility index (Phi) is 25.3. The minimum Gasteiger partial charge on any atom is -0.744 e. The normalized spacial score (nSPS) is 12.2. The fraction of sp³-hybridized carbons (Fsp3) is 0.140. The van der Waals surface area contributed by atoms with E-state index in [-0.39, 0.29) is 9.79 Å². The molecule has 2 heterocycles. The van der Waals surface area contributed by atoms with Crippen LogP contribution in [0.25, 0.3) is 66.8 Å². The van der Waals surface area contributed by atoms with Crippen molar-refractivity contribution in [1.82, 2.24) is 9.15 Å². The van der Waals surface area contributed by atoms with Gasteiger partial charge in [0, 0.05) is 145 Å². The van der Waals surface area contributed by atoms with Crippen molar-refractivity contribution in [3.05, 3.63) is 371 Å². The van der Waals surface area contributed by atoms with Crippen molar-refractivity contribution in [3.63, 3.8) is 0 Å². The van der Waals surface area contributed by atoms with Gasteiger partial charge < -0.3 is 27.7 Å². The van der Waals surface area contributed by atoms with Crippen LogP contribution in [0.3, 0.4) is 0 Å². The van der Waals surface area contributed by atoms with Gasteiger partial charge in [0.05, 0.1) is 33.6 Å². The van der Waals surface area contributed by atoms with Gasteiger partial charge in [-0.2, -0.15) is 9.15 Å². The molecule has 0 radical (unpaired) electrons. The van der Waals surface area contributed by atoms with E-state index in [1.54, 1.807) is 59.9 Å². The molecule has 0 saturated carbocycles. The van der Waals surface area contributed by atoms with Crippen LogP contribution in [0.1, 0.15) is 44.5 Å². The number of benzene rings is 14. The van der Waals surface area contributed by atoms with E-state index >= 15 is 0 Å². The molecule has 2 aliphatic carbocycles. The first-order valence-electron chi connectivity index (χ1n) is 39.0. The van der Waals surface area contributed by atoms with Gasteiger partial charge >= 0.3 is 0 Å². The standard InChI is InChI=1S/C51H46N2O4S3.C49H42N2O4S3/c1-35-15-13-16-36(2)50(35)52(29-31-58-41-19-7-5-8-20-41)39-25-27-43-46(33-39)57-47-34-40(26-28-44(47)49(43)45-23-11-12-24-48(45)60(54,55)56)53(51-37(3)17-14-18-38(51)4)30-32-59-42-21-9-6-10-22-42;1-33-15-13-16-34(2)48(33)50(31-56-39-19-7-5-8-20-39)37-25-27-41-44(29-37)55-45-30-38(26-28-42(45)47(41)43-23-11-12-24-46(43)58(52,53)54)51(32-57-40-21-9-6-10-22-40)49-35(3)17-14-18-36(49)4/h5-28,33-34H,29-32H2,1-4H3;5-30H,31-32H2,1-4H3. The Balaban J connectivity index is 0.000000185. The summed E-state index contributed by atoms with van der Waals surface area (Å²) in [7, 11) is -9.64. The molecular formula is C100H88N4O8S6. The van der Waals surface area contributed by atoms with E-state index in [1.165, 1.54) is 21.9 Å². The van der Waals surface area contributed by atoms with E-state index in [1.807, 2.05) is 108 Å². The van der Waals surface area contributed by atoms with Crippen LogP contribution in [0.2, 0.25) is 0 Å². The SMILES string of the molecule is Cc1cccc(C)c1N(CCSc1ccccc1)c1ccc2c(-c3ccccc3S(=O)(=O)[O-])c3ccc(=[N+](CCSc4ccccc4)c4c(C)cccc4C)cc-3oc2c1.Cc1cccc(C)c1N(CSc1ccccc1)c1ccc2c(-c3ccccc3S(=O)(=O)[O-])c3cc/c(=[N+](/CSc4ccccc4)c4c(C)cccc4C)cc-3oc2c1. The maximum atomic E-state index is 12.8. The summed E-state index contributed by atoms with van der Waals surface area (Å²) in [4.78, 5) is 8.83. The van der Waals surface area contributed by atoms with Crippen LogP contribution in [0, 0.1) is 55.4 Å². The largest absolute Gasteiger partial charge is 0.744 e. The first-order valence-corrected chi connectivity index (χ1v) is 45.7. The number of rotatable bonds is 24. The lowest BCUT2D eigenvalue weighted by Crippen LogP contribution is -2.29. The van der Waals surface area contributed by atoms with Crippen LogP contribution >= 0.6 is 47.0 Å². The molecule has 12 aromatic rings. The zero-order valence-electron chi connectivity index (χ0n) is 66.8. The molecule has 592 valence electrons. The summed E-state index contributed by atoms with van der Waals surface area (Å²) in [5.74, 6) is 4.08. The van der Waals surface area contributed by atoms with E-state index in [4.69, 9.17) is 8.83 Å². The van der Waals surface area contributed by atoms with Gasteiger partial charge in [-0.05, 0) is 175 Å². The van der Waals surface area contributed by atoms with Crippen molar-refractivity contribution < 1.29 is 34.8 Å². The Morgan fingerprint density at radius 2 is 0.686 bits per heavy atom. The van der Waals surface area contributed by atoms with Gasteiger partial charge in [0.25, 0.3) is 0 Å². The molecule has 118 heavy (non-hydrogen) atoms. The maximum Gasteiger partial charge on any atom is 0.212 e. The molecule has 0 aromatic heterocycles. The highest BCUT2D eigenvalue weighted by atomic mass is 32.2. The van der Waals surface area contributed by atoms with Gasteiger partial charge in [-0.25, -0.2) is 16.8 Å². The number of para-hydroxylation sites is 4. The number of hydrogen-bond donors (Lipinski definition) is 0. The van der Waals surface area contributed by atoms with Gasteiger partial charge in [0.2, 0.25) is 22.1 Å². The third-order valence-electron chi connectivity index (χ3n) is 21.2. The summed E-state index contributed by atoms with van der Waals surface area (Å²) in [6.07, 6.45) is 0. The molecular weight excluding hydrogens is 1580 g/mol. The van der Waals surface area contributed by atoms with E-state index in [2.05, 4.69) is 256 Å². The number of aryl methyl sites for hydroxylation is 8. The Labute approximate surface area is 708 Å². The molecule has 0 bridgehead atoms. The van der Waals surface area contributed by atoms with Crippen molar-refractivity contribution in [2.75, 3.05) is 46.1 Å². The summed E-state index contributed by atoms with van der Waals surface area (Å²) in [5, 5.41) is 3.27. The van der Waals surface area contributed by atoms with Crippen LogP contribution < -0.4 is 29.7 Å². The quantitative estimate of drug-likeness (QED) is 0.0185. The highest BCUT2D eigenvalue weighted by molar-refractivity contribution is 8.00. The number of hydrogen-bond acceptors (Lipinski definition) is 14. The zero-order chi connectivity index (χ0) is 82.2. The molecule has 4 aliphatic rings. The molecule has 0 spiro atoms. The molecule has 16 rings (SSSR count). The number of thioether (sulfide) groups is 4. The van der Waals surface area contributed by atoms with E-state index in [0.29, 0.717) is 78.6 Å². The molecule has 0 N–H and O–H groups in total. The van der Waals surface area contributed by atoms with E-state index < -0.39 is 20.2 Å². The Bertz CT molecular complexity index is 6620. The summed E-state index contributed by atoms with van der Waals surface area (Å²) >= 11 is 7.11. The molecule has 0 saturated heterocycles. The van der Waals surface area contributed by atoms with Gasteiger partial charge in [0.1, 0.15) is 42.9 Å². The molecule has 12 aromatic carbocycles.